The quantitative estimate of drug-likeness (QED) is 0.832. The van der Waals surface area contributed by atoms with E-state index in [0.29, 0.717) is 18.2 Å². The monoisotopic (exact) mass is 277 g/mol. The van der Waals surface area contributed by atoms with Crippen molar-refractivity contribution >= 4 is 0 Å². The molecule has 0 amide bonds. The van der Waals surface area contributed by atoms with Crippen molar-refractivity contribution in [2.75, 3.05) is 6.54 Å². The highest BCUT2D eigenvalue weighted by Crippen LogP contribution is 2.36. The second kappa shape index (κ2) is 6.72. The Morgan fingerprint density at radius 2 is 2.05 bits per heavy atom. The molecule has 4 nitrogen and oxygen atoms in total. The van der Waals surface area contributed by atoms with E-state index in [2.05, 4.69) is 21.8 Å². The molecule has 0 saturated heterocycles. The molecule has 0 bridgehead atoms. The molecule has 20 heavy (non-hydrogen) atoms. The summed E-state index contributed by atoms with van der Waals surface area (Å²) in [4.78, 5) is 4.27. The number of nitrogens with one attached hydrogen (secondary N) is 1. The second-order valence-corrected chi connectivity index (χ2v) is 6.26. The van der Waals surface area contributed by atoms with Gasteiger partial charge in [-0.2, -0.15) is 0 Å². The van der Waals surface area contributed by atoms with E-state index in [1.54, 1.807) is 0 Å². The van der Waals surface area contributed by atoms with Gasteiger partial charge >= 0.3 is 0 Å². The highest BCUT2D eigenvalue weighted by Gasteiger charge is 2.26. The van der Waals surface area contributed by atoms with E-state index in [1.165, 1.54) is 50.6 Å². The lowest BCUT2D eigenvalue weighted by Gasteiger charge is -2.29. The topological polar surface area (TPSA) is 39.1 Å². The number of ether oxygens (including phenoxy) is 1. The zero-order valence-electron chi connectivity index (χ0n) is 12.6. The fourth-order valence-electron chi connectivity index (χ4n) is 3.11. The Kier molecular flexibility index (Phi) is 4.73. The molecule has 3 rings (SSSR count). The molecule has 0 spiro atoms. The van der Waals surface area contributed by atoms with Gasteiger partial charge in [-0.15, -0.1) is 0 Å². The Morgan fingerprint density at radius 3 is 2.75 bits per heavy atom. The SMILES string of the molecule is CCCNC1CCC(OCc2cncn2C2CC2)CC1. The van der Waals surface area contributed by atoms with E-state index in [9.17, 15) is 0 Å². The van der Waals surface area contributed by atoms with Crippen molar-refractivity contribution in [2.45, 2.75) is 76.7 Å². The van der Waals surface area contributed by atoms with Crippen LogP contribution in [0.3, 0.4) is 0 Å². The number of hydrogen-bond acceptors (Lipinski definition) is 3. The minimum Gasteiger partial charge on any atom is -0.372 e. The number of nitrogens with zero attached hydrogens (tertiary/aromatic N) is 2. The summed E-state index contributed by atoms with van der Waals surface area (Å²) in [7, 11) is 0. The molecule has 1 aromatic heterocycles. The van der Waals surface area contributed by atoms with E-state index in [-0.39, 0.29) is 0 Å². The Bertz CT molecular complexity index is 406. The van der Waals surface area contributed by atoms with E-state index < -0.39 is 0 Å². The third kappa shape index (κ3) is 3.61. The minimum absolute atomic E-state index is 0.442. The summed E-state index contributed by atoms with van der Waals surface area (Å²) in [5.74, 6) is 0. The van der Waals surface area contributed by atoms with Gasteiger partial charge in [-0.05, 0) is 51.5 Å². The average molecular weight is 277 g/mol. The van der Waals surface area contributed by atoms with E-state index in [1.807, 2.05) is 12.5 Å². The van der Waals surface area contributed by atoms with Gasteiger partial charge in [0.25, 0.3) is 0 Å². The lowest BCUT2D eigenvalue weighted by Crippen LogP contribution is -2.35. The van der Waals surface area contributed by atoms with Crippen molar-refractivity contribution in [3.05, 3.63) is 18.2 Å². The van der Waals surface area contributed by atoms with Gasteiger partial charge in [-0.1, -0.05) is 6.92 Å². The summed E-state index contributed by atoms with van der Waals surface area (Å²) in [6, 6.07) is 1.41. The Labute approximate surface area is 121 Å². The van der Waals surface area contributed by atoms with Gasteiger partial charge in [0.15, 0.2) is 0 Å². The Balaban J connectivity index is 1.40. The van der Waals surface area contributed by atoms with Crippen LogP contribution in [-0.2, 0) is 11.3 Å². The van der Waals surface area contributed by atoms with Gasteiger partial charge in [-0.25, -0.2) is 4.98 Å². The highest BCUT2D eigenvalue weighted by molar-refractivity contribution is 5.02. The first-order valence-corrected chi connectivity index (χ1v) is 8.22. The van der Waals surface area contributed by atoms with Crippen molar-refractivity contribution in [1.29, 1.82) is 0 Å². The van der Waals surface area contributed by atoms with Gasteiger partial charge in [-0.3, -0.25) is 0 Å². The number of aromatic nitrogens is 2. The Hall–Kier alpha value is -0.870. The predicted octanol–water partition coefficient (Wildman–Crippen LogP) is 3.05. The summed E-state index contributed by atoms with van der Waals surface area (Å²) in [6.45, 7) is 4.11. The molecule has 0 atom stereocenters. The average Bonchev–Trinajstić information content (AvgIpc) is 3.23. The number of hydrogen-bond donors (Lipinski definition) is 1. The zero-order valence-corrected chi connectivity index (χ0v) is 12.6. The standard InChI is InChI=1S/C16H27N3O/c1-2-9-18-13-3-7-16(8-4-13)20-11-15-10-17-12-19(15)14-5-6-14/h10,12-14,16,18H,2-9,11H2,1H3. The zero-order chi connectivity index (χ0) is 13.8. The molecule has 112 valence electrons. The van der Waals surface area contributed by atoms with Crippen LogP contribution in [0, 0.1) is 0 Å². The molecular formula is C16H27N3O. The van der Waals surface area contributed by atoms with Crippen LogP contribution in [0.15, 0.2) is 12.5 Å². The molecule has 4 heteroatoms. The molecule has 0 aromatic carbocycles. The fourth-order valence-corrected chi connectivity index (χ4v) is 3.11. The van der Waals surface area contributed by atoms with Gasteiger partial charge in [0.05, 0.1) is 30.9 Å². The Morgan fingerprint density at radius 1 is 1.25 bits per heavy atom. The van der Waals surface area contributed by atoms with Gasteiger partial charge < -0.3 is 14.6 Å². The smallest absolute Gasteiger partial charge is 0.0951 e. The third-order valence-electron chi connectivity index (χ3n) is 4.51. The maximum absolute atomic E-state index is 6.11. The van der Waals surface area contributed by atoms with Crippen molar-refractivity contribution in [3.8, 4) is 0 Å². The van der Waals surface area contributed by atoms with Gasteiger partial charge in [0.2, 0.25) is 0 Å². The summed E-state index contributed by atoms with van der Waals surface area (Å²) in [5.41, 5.74) is 1.25. The maximum Gasteiger partial charge on any atom is 0.0951 e. The predicted molar refractivity (Wildman–Crippen MR) is 79.6 cm³/mol. The molecule has 2 saturated carbocycles. The van der Waals surface area contributed by atoms with Crippen molar-refractivity contribution in [1.82, 2.24) is 14.9 Å². The van der Waals surface area contributed by atoms with Crippen LogP contribution in [0.4, 0.5) is 0 Å². The van der Waals surface area contributed by atoms with Gasteiger partial charge in [0, 0.05) is 12.1 Å². The van der Waals surface area contributed by atoms with E-state index >= 15 is 0 Å². The summed E-state index contributed by atoms with van der Waals surface area (Å²) in [5, 5.41) is 3.62. The minimum atomic E-state index is 0.442. The normalized spacial score (nSPS) is 26.9. The molecule has 1 aromatic rings. The molecule has 1 N–H and O–H groups in total. The summed E-state index contributed by atoms with van der Waals surface area (Å²) >= 11 is 0. The highest BCUT2D eigenvalue weighted by atomic mass is 16.5. The first-order chi connectivity index (χ1) is 9.86. The molecule has 1 heterocycles. The van der Waals surface area contributed by atoms with E-state index in [4.69, 9.17) is 4.74 Å². The molecule has 0 aliphatic heterocycles. The molecule has 2 aliphatic carbocycles. The van der Waals surface area contributed by atoms with Crippen LogP contribution in [0.5, 0.6) is 0 Å². The number of rotatable bonds is 7. The maximum atomic E-state index is 6.11. The largest absolute Gasteiger partial charge is 0.372 e. The second-order valence-electron chi connectivity index (χ2n) is 6.26. The molecule has 0 unspecified atom stereocenters. The molecule has 0 radical (unpaired) electrons. The summed E-state index contributed by atoms with van der Waals surface area (Å²) < 4.78 is 8.41. The van der Waals surface area contributed by atoms with Crippen molar-refractivity contribution in [3.63, 3.8) is 0 Å². The van der Waals surface area contributed by atoms with Gasteiger partial charge in [0.1, 0.15) is 0 Å². The molecular weight excluding hydrogens is 250 g/mol. The van der Waals surface area contributed by atoms with Crippen molar-refractivity contribution < 1.29 is 4.74 Å². The lowest BCUT2D eigenvalue weighted by atomic mass is 9.93. The first kappa shape index (κ1) is 14.1. The van der Waals surface area contributed by atoms with Crippen LogP contribution in [0.2, 0.25) is 0 Å². The van der Waals surface area contributed by atoms with E-state index in [0.717, 1.165) is 13.2 Å². The molecule has 2 aliphatic rings. The van der Waals surface area contributed by atoms with Crippen LogP contribution >= 0.6 is 0 Å². The van der Waals surface area contributed by atoms with Crippen molar-refractivity contribution in [2.24, 2.45) is 0 Å². The number of imidazole rings is 1. The summed E-state index contributed by atoms with van der Waals surface area (Å²) in [6.07, 6.45) is 13.1. The fraction of sp³-hybridized carbons (Fsp3) is 0.812. The van der Waals surface area contributed by atoms with Crippen LogP contribution in [-0.4, -0.2) is 28.2 Å². The first-order valence-electron chi connectivity index (χ1n) is 8.22. The lowest BCUT2D eigenvalue weighted by molar-refractivity contribution is 0.00856. The third-order valence-corrected chi connectivity index (χ3v) is 4.51. The van der Waals surface area contributed by atoms with Crippen LogP contribution in [0.1, 0.15) is 63.6 Å². The van der Waals surface area contributed by atoms with Crippen LogP contribution < -0.4 is 5.32 Å². The van der Waals surface area contributed by atoms with Crippen LogP contribution in [0.25, 0.3) is 0 Å². The molecule has 2 fully saturated rings.